The minimum Gasteiger partial charge on any atom is -0.491 e. The Morgan fingerprint density at radius 3 is 2.36 bits per heavy atom. The van der Waals surface area contributed by atoms with E-state index in [1.165, 1.54) is 0 Å². The summed E-state index contributed by atoms with van der Waals surface area (Å²) in [4.78, 5) is 4.40. The summed E-state index contributed by atoms with van der Waals surface area (Å²) in [7, 11) is 0. The fraction of sp³-hybridized carbons (Fsp3) is 0.438. The molecule has 0 radical (unpaired) electrons. The SMILES string of the molecule is CC(C)Oc1ccc(Nc2nncc(NC(C)(C)C)n2)cc1. The van der Waals surface area contributed by atoms with Crippen LogP contribution in [0.3, 0.4) is 0 Å². The number of anilines is 3. The van der Waals surface area contributed by atoms with Crippen LogP contribution in [0.4, 0.5) is 17.5 Å². The second kappa shape index (κ2) is 6.60. The molecule has 0 atom stereocenters. The van der Waals surface area contributed by atoms with Gasteiger partial charge >= 0.3 is 0 Å². The first kappa shape index (κ1) is 16.0. The second-order valence-electron chi connectivity index (χ2n) is 6.36. The van der Waals surface area contributed by atoms with Crippen molar-refractivity contribution in [1.82, 2.24) is 15.2 Å². The molecule has 0 spiro atoms. The zero-order valence-corrected chi connectivity index (χ0v) is 13.7. The Hall–Kier alpha value is -2.37. The fourth-order valence-corrected chi connectivity index (χ4v) is 1.82. The van der Waals surface area contributed by atoms with Gasteiger partial charge in [0.1, 0.15) is 5.75 Å². The maximum Gasteiger partial charge on any atom is 0.249 e. The van der Waals surface area contributed by atoms with Gasteiger partial charge in [-0.1, -0.05) is 0 Å². The molecule has 1 aromatic carbocycles. The molecule has 2 N–H and O–H groups in total. The Balaban J connectivity index is 2.05. The topological polar surface area (TPSA) is 72.0 Å². The van der Waals surface area contributed by atoms with E-state index in [0.29, 0.717) is 11.8 Å². The summed E-state index contributed by atoms with van der Waals surface area (Å²) in [6.45, 7) is 10.2. The van der Waals surface area contributed by atoms with Gasteiger partial charge in [0.2, 0.25) is 5.95 Å². The highest BCUT2D eigenvalue weighted by Gasteiger charge is 2.11. The van der Waals surface area contributed by atoms with E-state index in [-0.39, 0.29) is 11.6 Å². The summed E-state index contributed by atoms with van der Waals surface area (Å²) < 4.78 is 5.61. The lowest BCUT2D eigenvalue weighted by Crippen LogP contribution is -2.27. The molecule has 1 aromatic heterocycles. The largest absolute Gasteiger partial charge is 0.491 e. The molecule has 0 amide bonds. The number of benzene rings is 1. The van der Waals surface area contributed by atoms with E-state index in [0.717, 1.165) is 11.4 Å². The molecule has 0 unspecified atom stereocenters. The molecule has 0 fully saturated rings. The maximum absolute atomic E-state index is 5.61. The fourth-order valence-electron chi connectivity index (χ4n) is 1.82. The van der Waals surface area contributed by atoms with Gasteiger partial charge in [-0.25, -0.2) is 0 Å². The summed E-state index contributed by atoms with van der Waals surface area (Å²) in [5, 5.41) is 14.3. The van der Waals surface area contributed by atoms with Crippen molar-refractivity contribution in [3.05, 3.63) is 30.5 Å². The minimum atomic E-state index is -0.0802. The van der Waals surface area contributed by atoms with Crippen LogP contribution in [0.5, 0.6) is 5.75 Å². The van der Waals surface area contributed by atoms with Crippen LogP contribution in [0.1, 0.15) is 34.6 Å². The van der Waals surface area contributed by atoms with Gasteiger partial charge < -0.3 is 15.4 Å². The molecule has 0 aliphatic rings. The van der Waals surface area contributed by atoms with E-state index in [1.807, 2.05) is 38.1 Å². The van der Waals surface area contributed by atoms with E-state index < -0.39 is 0 Å². The molecule has 0 saturated carbocycles. The van der Waals surface area contributed by atoms with E-state index in [1.54, 1.807) is 6.20 Å². The molecule has 2 rings (SSSR count). The number of nitrogens with one attached hydrogen (secondary N) is 2. The van der Waals surface area contributed by atoms with Gasteiger partial charge in [0, 0.05) is 11.2 Å². The molecule has 1 heterocycles. The molecule has 0 saturated heterocycles. The Kier molecular flexibility index (Phi) is 4.80. The van der Waals surface area contributed by atoms with Gasteiger partial charge in [0.15, 0.2) is 5.82 Å². The van der Waals surface area contributed by atoms with E-state index in [9.17, 15) is 0 Å². The predicted octanol–water partition coefficient (Wildman–Crippen LogP) is 3.61. The van der Waals surface area contributed by atoms with Crippen LogP contribution in [0, 0.1) is 0 Å². The van der Waals surface area contributed by atoms with Crippen LogP contribution >= 0.6 is 0 Å². The Morgan fingerprint density at radius 2 is 1.77 bits per heavy atom. The summed E-state index contributed by atoms with van der Waals surface area (Å²) in [6, 6.07) is 7.66. The number of ether oxygens (including phenoxy) is 1. The van der Waals surface area contributed by atoms with Crippen LogP contribution in [-0.2, 0) is 0 Å². The molecule has 118 valence electrons. The normalized spacial score (nSPS) is 11.4. The van der Waals surface area contributed by atoms with Crippen molar-refractivity contribution in [2.75, 3.05) is 10.6 Å². The summed E-state index contributed by atoms with van der Waals surface area (Å²) in [6.07, 6.45) is 1.77. The lowest BCUT2D eigenvalue weighted by Gasteiger charge is -2.20. The Bertz CT molecular complexity index is 605. The molecular weight excluding hydrogens is 278 g/mol. The third kappa shape index (κ3) is 5.20. The molecular formula is C16H23N5O. The number of rotatable bonds is 5. The maximum atomic E-state index is 5.61. The van der Waals surface area contributed by atoms with Crippen LogP contribution < -0.4 is 15.4 Å². The summed E-state index contributed by atoms with van der Waals surface area (Å²) in [5.74, 6) is 1.97. The van der Waals surface area contributed by atoms with E-state index >= 15 is 0 Å². The average molecular weight is 301 g/mol. The molecule has 0 bridgehead atoms. The summed E-state index contributed by atoms with van der Waals surface area (Å²) in [5.41, 5.74) is 0.800. The Labute approximate surface area is 131 Å². The van der Waals surface area contributed by atoms with Gasteiger partial charge in [-0.3, -0.25) is 0 Å². The highest BCUT2D eigenvalue weighted by atomic mass is 16.5. The molecule has 2 aromatic rings. The van der Waals surface area contributed by atoms with E-state index in [4.69, 9.17) is 4.74 Å². The second-order valence-corrected chi connectivity index (χ2v) is 6.36. The quantitative estimate of drug-likeness (QED) is 0.879. The smallest absolute Gasteiger partial charge is 0.249 e. The zero-order valence-electron chi connectivity index (χ0n) is 13.7. The number of hydrogen-bond donors (Lipinski definition) is 2. The van der Waals surface area contributed by atoms with Gasteiger partial charge in [0.25, 0.3) is 0 Å². The first-order chi connectivity index (χ1) is 10.3. The highest BCUT2D eigenvalue weighted by molar-refractivity contribution is 5.55. The molecule has 22 heavy (non-hydrogen) atoms. The van der Waals surface area contributed by atoms with Crippen molar-refractivity contribution in [2.45, 2.75) is 46.3 Å². The monoisotopic (exact) mass is 301 g/mol. The molecule has 6 heteroatoms. The highest BCUT2D eigenvalue weighted by Crippen LogP contribution is 2.19. The van der Waals surface area contributed by atoms with Crippen molar-refractivity contribution < 1.29 is 4.74 Å². The predicted molar refractivity (Wildman–Crippen MR) is 88.7 cm³/mol. The lowest BCUT2D eigenvalue weighted by atomic mass is 10.1. The van der Waals surface area contributed by atoms with Crippen molar-refractivity contribution in [3.8, 4) is 5.75 Å². The minimum absolute atomic E-state index is 0.0802. The van der Waals surface area contributed by atoms with Crippen LogP contribution in [-0.4, -0.2) is 26.8 Å². The van der Waals surface area contributed by atoms with Crippen molar-refractivity contribution in [2.24, 2.45) is 0 Å². The molecule has 0 aliphatic heterocycles. The number of aromatic nitrogens is 3. The number of nitrogens with zero attached hydrogens (tertiary/aromatic N) is 3. The lowest BCUT2D eigenvalue weighted by molar-refractivity contribution is 0.242. The Morgan fingerprint density at radius 1 is 1.09 bits per heavy atom. The average Bonchev–Trinajstić information content (AvgIpc) is 2.39. The van der Waals surface area contributed by atoms with Crippen molar-refractivity contribution in [1.29, 1.82) is 0 Å². The third-order valence-corrected chi connectivity index (χ3v) is 2.54. The standard InChI is InChI=1S/C16H23N5O/c1-11(2)22-13-8-6-12(7-9-13)18-15-19-14(10-17-21-15)20-16(3,4)5/h6-11H,1-5H3,(H2,18,19,20,21). The van der Waals surface area contributed by atoms with Gasteiger partial charge in [-0.2, -0.15) is 10.1 Å². The van der Waals surface area contributed by atoms with Crippen molar-refractivity contribution >= 4 is 17.5 Å². The van der Waals surface area contributed by atoms with Gasteiger partial charge in [-0.05, 0) is 58.9 Å². The molecule has 6 nitrogen and oxygen atoms in total. The molecule has 0 aliphatic carbocycles. The van der Waals surface area contributed by atoms with Crippen LogP contribution in [0.2, 0.25) is 0 Å². The van der Waals surface area contributed by atoms with Crippen LogP contribution in [0.15, 0.2) is 30.5 Å². The van der Waals surface area contributed by atoms with Gasteiger partial charge in [-0.15, -0.1) is 5.10 Å². The zero-order chi connectivity index (χ0) is 16.2. The van der Waals surface area contributed by atoms with E-state index in [2.05, 4.69) is 46.6 Å². The first-order valence-electron chi connectivity index (χ1n) is 7.33. The third-order valence-electron chi connectivity index (χ3n) is 2.54. The summed E-state index contributed by atoms with van der Waals surface area (Å²) >= 11 is 0. The number of hydrogen-bond acceptors (Lipinski definition) is 6. The van der Waals surface area contributed by atoms with Crippen molar-refractivity contribution in [3.63, 3.8) is 0 Å². The van der Waals surface area contributed by atoms with Gasteiger partial charge in [0.05, 0.1) is 12.3 Å². The first-order valence-corrected chi connectivity index (χ1v) is 7.33. The van der Waals surface area contributed by atoms with Crippen LogP contribution in [0.25, 0.3) is 0 Å².